The number of amides is 1. The number of carbonyl (C=O) groups is 2. The summed E-state index contributed by atoms with van der Waals surface area (Å²) in [6.45, 7) is 0.546. The highest BCUT2D eigenvalue weighted by atomic mass is 79.9. The molecule has 0 heterocycles. The van der Waals surface area contributed by atoms with Crippen LogP contribution in [0.15, 0.2) is 28.7 Å². The first-order valence-electron chi connectivity index (χ1n) is 7.81. The Bertz CT molecular complexity index is 521. The maximum Gasteiger partial charge on any atom is 0.303 e. The molecule has 0 atom stereocenters. The van der Waals surface area contributed by atoms with E-state index in [1.807, 2.05) is 24.3 Å². The van der Waals surface area contributed by atoms with Crippen LogP contribution in [0.4, 0.5) is 0 Å². The number of carboxylic acids is 1. The lowest BCUT2D eigenvalue weighted by atomic mass is 9.78. The zero-order chi connectivity index (χ0) is 16.0. The van der Waals surface area contributed by atoms with Gasteiger partial charge in [0, 0.05) is 17.4 Å². The third-order valence-electron chi connectivity index (χ3n) is 4.39. The zero-order valence-electron chi connectivity index (χ0n) is 12.6. The molecule has 22 heavy (non-hydrogen) atoms. The van der Waals surface area contributed by atoms with Crippen molar-refractivity contribution >= 4 is 27.8 Å². The van der Waals surface area contributed by atoms with Gasteiger partial charge in [-0.1, -0.05) is 40.9 Å². The van der Waals surface area contributed by atoms with Crippen molar-refractivity contribution in [1.82, 2.24) is 5.32 Å². The molecule has 0 radical (unpaired) electrons. The average Bonchev–Trinajstić information content (AvgIpc) is 2.98. The largest absolute Gasteiger partial charge is 0.481 e. The number of unbranched alkanes of at least 4 members (excludes halogenated alkanes) is 1. The van der Waals surface area contributed by atoms with Crippen LogP contribution in [0.2, 0.25) is 0 Å². The van der Waals surface area contributed by atoms with Gasteiger partial charge in [-0.15, -0.1) is 0 Å². The Morgan fingerprint density at radius 3 is 2.36 bits per heavy atom. The Kier molecular flexibility index (Phi) is 6.00. The highest BCUT2D eigenvalue weighted by Crippen LogP contribution is 2.41. The van der Waals surface area contributed by atoms with Crippen LogP contribution in [0.3, 0.4) is 0 Å². The number of aliphatic carboxylic acids is 1. The lowest BCUT2D eigenvalue weighted by molar-refractivity contribution is -0.137. The van der Waals surface area contributed by atoms with Gasteiger partial charge >= 0.3 is 5.97 Å². The summed E-state index contributed by atoms with van der Waals surface area (Å²) in [5.74, 6) is -0.698. The number of nitrogens with one attached hydrogen (secondary N) is 1. The van der Waals surface area contributed by atoms with Gasteiger partial charge in [0.15, 0.2) is 0 Å². The minimum Gasteiger partial charge on any atom is -0.481 e. The van der Waals surface area contributed by atoms with Crippen LogP contribution in [0.5, 0.6) is 0 Å². The number of carboxylic acid groups (broad SMARTS) is 1. The second-order valence-corrected chi connectivity index (χ2v) is 6.82. The van der Waals surface area contributed by atoms with E-state index in [9.17, 15) is 9.59 Å². The van der Waals surface area contributed by atoms with Crippen molar-refractivity contribution in [2.45, 2.75) is 50.4 Å². The van der Waals surface area contributed by atoms with Crippen molar-refractivity contribution in [3.8, 4) is 0 Å². The highest BCUT2D eigenvalue weighted by Gasteiger charge is 2.42. The van der Waals surface area contributed by atoms with Crippen molar-refractivity contribution in [1.29, 1.82) is 0 Å². The van der Waals surface area contributed by atoms with Gasteiger partial charge in [-0.3, -0.25) is 9.59 Å². The van der Waals surface area contributed by atoms with E-state index in [0.29, 0.717) is 19.4 Å². The fraction of sp³-hybridized carbons (Fsp3) is 0.529. The Hall–Kier alpha value is -1.36. The van der Waals surface area contributed by atoms with E-state index in [2.05, 4.69) is 21.2 Å². The normalized spacial score (nSPS) is 16.4. The summed E-state index contributed by atoms with van der Waals surface area (Å²) in [6, 6.07) is 8.02. The van der Waals surface area contributed by atoms with Crippen LogP contribution < -0.4 is 5.32 Å². The number of rotatable bonds is 7. The minimum atomic E-state index is -0.784. The molecule has 1 aromatic rings. The summed E-state index contributed by atoms with van der Waals surface area (Å²) < 4.78 is 1.01. The summed E-state index contributed by atoms with van der Waals surface area (Å²) in [5.41, 5.74) is 0.671. The SMILES string of the molecule is O=C(O)CCCCNC(=O)C1(c2ccc(Br)cc2)CCCC1. The maximum absolute atomic E-state index is 12.7. The van der Waals surface area contributed by atoms with Gasteiger partial charge < -0.3 is 10.4 Å². The molecule has 1 aliphatic rings. The standard InChI is InChI=1S/C17H22BrNO3/c18-14-8-6-13(7-9-14)17(10-2-3-11-17)16(22)19-12-4-1-5-15(20)21/h6-9H,1-5,10-12H2,(H,19,22)(H,20,21). The van der Waals surface area contributed by atoms with E-state index in [1.54, 1.807) is 0 Å². The molecule has 4 nitrogen and oxygen atoms in total. The van der Waals surface area contributed by atoms with Crippen LogP contribution in [0, 0.1) is 0 Å². The second kappa shape index (κ2) is 7.77. The average molecular weight is 368 g/mol. The summed E-state index contributed by atoms with van der Waals surface area (Å²) in [4.78, 5) is 23.2. The zero-order valence-corrected chi connectivity index (χ0v) is 14.2. The van der Waals surface area contributed by atoms with Gasteiger partial charge in [0.25, 0.3) is 0 Å². The second-order valence-electron chi connectivity index (χ2n) is 5.90. The van der Waals surface area contributed by atoms with Gasteiger partial charge in [0.05, 0.1) is 5.41 Å². The fourth-order valence-electron chi connectivity index (χ4n) is 3.17. The maximum atomic E-state index is 12.7. The summed E-state index contributed by atoms with van der Waals surface area (Å²) in [7, 11) is 0. The molecule has 0 unspecified atom stereocenters. The lowest BCUT2D eigenvalue weighted by Crippen LogP contribution is -2.43. The van der Waals surface area contributed by atoms with E-state index in [1.165, 1.54) is 0 Å². The number of hydrogen-bond donors (Lipinski definition) is 2. The third kappa shape index (κ3) is 4.09. The molecule has 0 saturated heterocycles. The highest BCUT2D eigenvalue weighted by molar-refractivity contribution is 9.10. The predicted molar refractivity (Wildman–Crippen MR) is 88.8 cm³/mol. The van der Waals surface area contributed by atoms with Gasteiger partial charge in [-0.25, -0.2) is 0 Å². The lowest BCUT2D eigenvalue weighted by Gasteiger charge is -2.28. The van der Waals surface area contributed by atoms with Crippen LogP contribution in [-0.4, -0.2) is 23.5 Å². The molecule has 1 fully saturated rings. The molecule has 0 spiro atoms. The Balaban J connectivity index is 1.97. The predicted octanol–water partition coefficient (Wildman–Crippen LogP) is 3.63. The Labute approximate surface area is 139 Å². The van der Waals surface area contributed by atoms with Crippen LogP contribution in [0.1, 0.15) is 50.5 Å². The van der Waals surface area contributed by atoms with Gasteiger partial charge in [0.2, 0.25) is 5.91 Å². The van der Waals surface area contributed by atoms with Crippen molar-refractivity contribution in [3.63, 3.8) is 0 Å². The quantitative estimate of drug-likeness (QED) is 0.723. The van der Waals surface area contributed by atoms with Crippen molar-refractivity contribution in [2.24, 2.45) is 0 Å². The summed E-state index contributed by atoms with van der Waals surface area (Å²) in [6.07, 6.45) is 5.37. The van der Waals surface area contributed by atoms with Crippen LogP contribution in [0.25, 0.3) is 0 Å². The number of halogens is 1. The molecule has 0 bridgehead atoms. The first-order valence-corrected chi connectivity index (χ1v) is 8.60. The first-order chi connectivity index (χ1) is 10.5. The Morgan fingerprint density at radius 2 is 1.77 bits per heavy atom. The molecule has 1 aliphatic carbocycles. The first kappa shape index (κ1) is 17.0. The van der Waals surface area contributed by atoms with Crippen molar-refractivity contribution < 1.29 is 14.7 Å². The molecule has 0 aliphatic heterocycles. The van der Waals surface area contributed by atoms with Gasteiger partial charge in [-0.05, 0) is 43.4 Å². The fourth-order valence-corrected chi connectivity index (χ4v) is 3.43. The molecule has 120 valence electrons. The summed E-state index contributed by atoms with van der Waals surface area (Å²) in [5, 5.41) is 11.6. The Morgan fingerprint density at radius 1 is 1.14 bits per heavy atom. The molecular formula is C17H22BrNO3. The molecule has 2 N–H and O–H groups in total. The molecule has 2 rings (SSSR count). The molecular weight excluding hydrogens is 346 g/mol. The number of carbonyl (C=O) groups excluding carboxylic acids is 1. The van der Waals surface area contributed by atoms with Gasteiger partial charge in [-0.2, -0.15) is 0 Å². The van der Waals surface area contributed by atoms with E-state index < -0.39 is 11.4 Å². The van der Waals surface area contributed by atoms with E-state index in [4.69, 9.17) is 5.11 Å². The smallest absolute Gasteiger partial charge is 0.303 e. The van der Waals surface area contributed by atoms with Crippen LogP contribution in [-0.2, 0) is 15.0 Å². The minimum absolute atomic E-state index is 0.0858. The monoisotopic (exact) mass is 367 g/mol. The molecule has 1 aromatic carbocycles. The van der Waals surface area contributed by atoms with Gasteiger partial charge in [0.1, 0.15) is 0 Å². The van der Waals surface area contributed by atoms with Crippen LogP contribution >= 0.6 is 15.9 Å². The topological polar surface area (TPSA) is 66.4 Å². The molecule has 1 amide bonds. The van der Waals surface area contributed by atoms with Crippen molar-refractivity contribution in [3.05, 3.63) is 34.3 Å². The van der Waals surface area contributed by atoms with E-state index in [-0.39, 0.29) is 12.3 Å². The summed E-state index contributed by atoms with van der Waals surface area (Å²) >= 11 is 3.43. The number of benzene rings is 1. The molecule has 5 heteroatoms. The molecule has 1 saturated carbocycles. The third-order valence-corrected chi connectivity index (χ3v) is 4.92. The van der Waals surface area contributed by atoms with Crippen molar-refractivity contribution in [2.75, 3.05) is 6.54 Å². The molecule has 0 aromatic heterocycles. The van der Waals surface area contributed by atoms with E-state index in [0.717, 1.165) is 35.7 Å². The van der Waals surface area contributed by atoms with E-state index >= 15 is 0 Å². The number of hydrogen-bond acceptors (Lipinski definition) is 2.